The normalized spacial score (nSPS) is 12.9. The van der Waals surface area contributed by atoms with E-state index in [1.54, 1.807) is 0 Å². The zero-order valence-electron chi connectivity index (χ0n) is 27.6. The first-order valence-electron chi connectivity index (χ1n) is 15.3. The maximum atomic E-state index is 13.6. The third kappa shape index (κ3) is 8.62. The number of ether oxygens (including phenoxy) is 2. The van der Waals surface area contributed by atoms with Crippen molar-refractivity contribution < 1.29 is 61.8 Å². The summed E-state index contributed by atoms with van der Waals surface area (Å²) in [6.45, 7) is 0. The summed E-state index contributed by atoms with van der Waals surface area (Å²) in [5.74, 6) is -1.94. The fourth-order valence-electron chi connectivity index (χ4n) is 5.48. The molecule has 290 valence electrons. The number of benzene rings is 6. The van der Waals surface area contributed by atoms with Crippen LogP contribution in [-0.4, -0.2) is 38.7 Å². The lowest BCUT2D eigenvalue weighted by Gasteiger charge is -2.15. The molecule has 0 aromatic heterocycles. The number of azo groups is 2. The number of hydrogen-bond acceptors (Lipinski definition) is 12. The second kappa shape index (κ2) is 14.4. The first-order chi connectivity index (χ1) is 26.1. The fourth-order valence-corrected chi connectivity index (χ4v) is 6.78. The molecule has 6 rings (SSSR count). The highest BCUT2D eigenvalue weighted by Crippen LogP contribution is 2.43. The molecule has 0 amide bonds. The van der Waals surface area contributed by atoms with Crippen molar-refractivity contribution >= 4 is 75.9 Å². The number of anilines is 2. The molecule has 22 heteroatoms. The van der Waals surface area contributed by atoms with Crippen LogP contribution in [0.4, 0.5) is 60.5 Å². The topological polar surface area (TPSA) is 229 Å². The molecule has 6 N–H and O–H groups in total. The first-order valence-corrected chi connectivity index (χ1v) is 18.2. The van der Waals surface area contributed by atoms with Gasteiger partial charge in [-0.25, -0.2) is 0 Å². The molecule has 0 saturated heterocycles. The van der Waals surface area contributed by atoms with Crippen LogP contribution in [0.2, 0.25) is 0 Å². The molecule has 14 nitrogen and oxygen atoms in total. The number of halogens is 6. The van der Waals surface area contributed by atoms with Crippen LogP contribution in [-0.2, 0) is 20.2 Å². The van der Waals surface area contributed by atoms with Crippen LogP contribution in [0.5, 0.6) is 11.5 Å². The predicted octanol–water partition coefficient (Wildman–Crippen LogP) is 9.95. The van der Waals surface area contributed by atoms with Crippen molar-refractivity contribution in [1.29, 1.82) is 0 Å². The molecule has 0 unspecified atom stereocenters. The van der Waals surface area contributed by atoms with E-state index >= 15 is 0 Å². The molecule has 0 fully saturated rings. The minimum absolute atomic E-state index is 0.128. The molecule has 0 aliphatic carbocycles. The van der Waals surface area contributed by atoms with Crippen LogP contribution in [0.25, 0.3) is 32.7 Å². The molecule has 0 aliphatic heterocycles. The molecule has 0 radical (unpaired) electrons. The van der Waals surface area contributed by atoms with E-state index in [1.807, 2.05) is 0 Å². The number of nitrogen functional groups attached to an aromatic ring is 2. The molecular formula is C34H22F6N6O8S2. The van der Waals surface area contributed by atoms with Crippen molar-refractivity contribution in [2.75, 3.05) is 11.5 Å². The van der Waals surface area contributed by atoms with Gasteiger partial charge in [0.1, 0.15) is 21.2 Å². The Hall–Kier alpha value is -6.36. The smallest absolute Gasteiger partial charge is 0.403 e. The summed E-state index contributed by atoms with van der Waals surface area (Å²) in [7, 11) is -9.76. The molecule has 0 heterocycles. The second-order valence-corrected chi connectivity index (χ2v) is 14.3. The predicted molar refractivity (Wildman–Crippen MR) is 190 cm³/mol. The number of rotatable bonds is 9. The Bertz CT molecular complexity index is 2640. The number of alkyl halides is 6. The zero-order chi connectivity index (χ0) is 40.8. The van der Waals surface area contributed by atoms with Gasteiger partial charge in [0.05, 0.1) is 22.7 Å². The van der Waals surface area contributed by atoms with Crippen molar-refractivity contribution in [2.24, 2.45) is 20.5 Å². The standard InChI is InChI=1S/C34H22F6N6O8S2/c35-33(36,37)53-27-13-17(9-11-23(27)43-45-25-15-29(55(47,48)49)31(41)21-7-3-1-5-19(21)25)18-10-12-24(28(14-18)54-34(38,39)40)44-46-26-16-30(56(50,51)52)32(42)22-8-4-2-6-20(22)26/h1-16H,41-42H2,(H,47,48,49)(H,50,51,52). The molecule has 6 aromatic carbocycles. The van der Waals surface area contributed by atoms with Gasteiger partial charge in [-0.3, -0.25) is 9.11 Å². The van der Waals surface area contributed by atoms with Crippen LogP contribution < -0.4 is 20.9 Å². The van der Waals surface area contributed by atoms with Gasteiger partial charge in [-0.05, 0) is 47.5 Å². The summed E-state index contributed by atoms with van der Waals surface area (Å²) < 4.78 is 157. The van der Waals surface area contributed by atoms with Crippen molar-refractivity contribution in [3.05, 3.63) is 97.1 Å². The van der Waals surface area contributed by atoms with Gasteiger partial charge < -0.3 is 20.9 Å². The van der Waals surface area contributed by atoms with Gasteiger partial charge in [0, 0.05) is 21.5 Å². The van der Waals surface area contributed by atoms with Crippen LogP contribution in [0.1, 0.15) is 0 Å². The highest BCUT2D eigenvalue weighted by Gasteiger charge is 2.34. The Morgan fingerprint density at radius 3 is 1.12 bits per heavy atom. The highest BCUT2D eigenvalue weighted by molar-refractivity contribution is 7.86. The Kier molecular flexibility index (Phi) is 10.1. The van der Waals surface area contributed by atoms with E-state index in [0.29, 0.717) is 0 Å². The third-order valence-corrected chi connectivity index (χ3v) is 9.63. The molecule has 0 aliphatic rings. The molecule has 56 heavy (non-hydrogen) atoms. The summed E-state index contributed by atoms with van der Waals surface area (Å²) >= 11 is 0. The highest BCUT2D eigenvalue weighted by atomic mass is 32.2. The zero-order valence-corrected chi connectivity index (χ0v) is 29.2. The summed E-state index contributed by atoms with van der Waals surface area (Å²) in [5, 5.41) is 16.1. The van der Waals surface area contributed by atoms with E-state index in [0.717, 1.165) is 48.5 Å². The first kappa shape index (κ1) is 39.3. The molecule has 6 aromatic rings. The number of hydrogen-bond donors (Lipinski definition) is 4. The lowest BCUT2D eigenvalue weighted by Crippen LogP contribution is -2.17. The van der Waals surface area contributed by atoms with Crippen molar-refractivity contribution in [3.63, 3.8) is 0 Å². The minimum Gasteiger partial charge on any atom is -0.403 e. The van der Waals surface area contributed by atoms with Crippen LogP contribution in [0, 0.1) is 0 Å². The lowest BCUT2D eigenvalue weighted by molar-refractivity contribution is -0.275. The Morgan fingerprint density at radius 1 is 0.482 bits per heavy atom. The van der Waals surface area contributed by atoms with Crippen molar-refractivity contribution in [2.45, 2.75) is 22.5 Å². The van der Waals surface area contributed by atoms with Gasteiger partial charge in [0.15, 0.2) is 11.5 Å². The molecule has 0 bridgehead atoms. The Morgan fingerprint density at radius 2 is 0.804 bits per heavy atom. The van der Waals surface area contributed by atoms with E-state index in [2.05, 4.69) is 29.9 Å². The minimum atomic E-state index is -5.30. The summed E-state index contributed by atoms with van der Waals surface area (Å²) in [5.41, 5.74) is 9.35. The average Bonchev–Trinajstić information content (AvgIpc) is 3.09. The van der Waals surface area contributed by atoms with Crippen molar-refractivity contribution in [1.82, 2.24) is 0 Å². The van der Waals surface area contributed by atoms with E-state index in [9.17, 15) is 52.3 Å². The molecular weight excluding hydrogens is 799 g/mol. The Labute approximate surface area is 311 Å². The van der Waals surface area contributed by atoms with E-state index in [4.69, 9.17) is 11.5 Å². The van der Waals surface area contributed by atoms with Gasteiger partial charge in [-0.2, -0.15) is 16.8 Å². The molecule has 0 spiro atoms. The Balaban J connectivity index is 1.43. The largest absolute Gasteiger partial charge is 0.573 e. The summed E-state index contributed by atoms with van der Waals surface area (Å²) in [6, 6.07) is 19.4. The van der Waals surface area contributed by atoms with Gasteiger partial charge in [0.25, 0.3) is 20.2 Å². The molecule has 0 atom stereocenters. The third-order valence-electron chi connectivity index (χ3n) is 7.84. The van der Waals surface area contributed by atoms with Crippen LogP contribution in [0.15, 0.2) is 127 Å². The fraction of sp³-hybridized carbons (Fsp3) is 0.0588. The van der Waals surface area contributed by atoms with Gasteiger partial charge in [0.2, 0.25) is 0 Å². The van der Waals surface area contributed by atoms with Gasteiger partial charge in [-0.15, -0.1) is 46.8 Å². The number of nitrogens with two attached hydrogens (primary N) is 2. The van der Waals surface area contributed by atoms with Crippen molar-refractivity contribution in [3.8, 4) is 22.6 Å². The SMILES string of the molecule is Nc1c(S(=O)(=O)O)cc(N=Nc2ccc(-c3ccc(N=Nc4cc(S(=O)(=O)O)c(N)c5ccccc45)c(OC(F)(F)F)c3)cc2OC(F)(F)F)c2ccccc12. The average molecular weight is 821 g/mol. The second-order valence-electron chi connectivity index (χ2n) is 11.5. The monoisotopic (exact) mass is 820 g/mol. The van der Waals surface area contributed by atoms with E-state index < -0.39 is 65.6 Å². The number of nitrogens with zero attached hydrogens (tertiary/aromatic N) is 4. The molecule has 0 saturated carbocycles. The van der Waals surface area contributed by atoms with E-state index in [-0.39, 0.29) is 55.4 Å². The van der Waals surface area contributed by atoms with Crippen LogP contribution >= 0.6 is 0 Å². The maximum Gasteiger partial charge on any atom is 0.573 e. The summed E-state index contributed by atoms with van der Waals surface area (Å²) in [6.07, 6.45) is -10.6. The van der Waals surface area contributed by atoms with Gasteiger partial charge in [-0.1, -0.05) is 60.7 Å². The maximum absolute atomic E-state index is 13.6. The van der Waals surface area contributed by atoms with Crippen LogP contribution in [0.3, 0.4) is 0 Å². The van der Waals surface area contributed by atoms with E-state index in [1.165, 1.54) is 48.5 Å². The quantitative estimate of drug-likeness (QED) is 0.0467. The summed E-state index contributed by atoms with van der Waals surface area (Å²) in [4.78, 5) is -1.48. The number of fused-ring (bicyclic) bond motifs is 2. The lowest BCUT2D eigenvalue weighted by atomic mass is 10.0. The van der Waals surface area contributed by atoms with Gasteiger partial charge >= 0.3 is 12.7 Å².